The summed E-state index contributed by atoms with van der Waals surface area (Å²) in [5, 5.41) is 26.9. The maximum Gasteiger partial charge on any atom is 0.416 e. The third-order valence-electron chi connectivity index (χ3n) is 10.3. The first-order valence-corrected chi connectivity index (χ1v) is 26.3. The van der Waals surface area contributed by atoms with Gasteiger partial charge in [-0.05, 0) is 97.0 Å². The molecule has 5 heterocycles. The highest BCUT2D eigenvalue weighted by molar-refractivity contribution is 7.55. The van der Waals surface area contributed by atoms with Gasteiger partial charge in [-0.15, -0.1) is 15.0 Å². The minimum atomic E-state index is -4.18. The number of halogens is 1. The molecule has 0 spiro atoms. The highest BCUT2D eigenvalue weighted by Gasteiger charge is 2.59. The van der Waals surface area contributed by atoms with Crippen molar-refractivity contribution in [3.05, 3.63) is 17.3 Å². The fraction of sp³-hybridized carbons (Fsp3) is 0.811. The standard InChI is InChI=1S/C37H61ClN9O11PSi/c1-11-53-59(50,54-12-2)37(22-48,17-16-27-42-44-45(43-27)23-51-18-19-60(8,9)10)52-21-26-28-29(57-36(6,7)56-28)32(55-26)47-31-25(20-39-47)30(40-33(38)41-31)46(24-14-13-15-24)34(49)58-35(3,4)5/h20,24,26,28-29,32,48H,11-19,21-23H2,1-10H3/t26-,28-,29-,32-,37?/m1/s1. The highest BCUT2D eigenvalue weighted by Crippen LogP contribution is 2.62. The average Bonchev–Trinajstić information content (AvgIpc) is 3.90. The number of fused-ring (bicyclic) bond motifs is 2. The molecule has 1 N–H and O–H groups in total. The van der Waals surface area contributed by atoms with Crippen molar-refractivity contribution in [3.63, 3.8) is 0 Å². The summed E-state index contributed by atoms with van der Waals surface area (Å²) in [5.41, 5.74) is -0.457. The quantitative estimate of drug-likeness (QED) is 0.0587. The van der Waals surface area contributed by atoms with E-state index in [1.807, 2.05) is 0 Å². The van der Waals surface area contributed by atoms with Crippen LogP contribution in [0, 0.1) is 0 Å². The highest BCUT2D eigenvalue weighted by atomic mass is 35.5. The van der Waals surface area contributed by atoms with E-state index in [-0.39, 0.29) is 56.5 Å². The van der Waals surface area contributed by atoms with Crippen LogP contribution in [0.5, 0.6) is 0 Å². The van der Waals surface area contributed by atoms with Crippen LogP contribution in [0.25, 0.3) is 11.0 Å². The van der Waals surface area contributed by atoms with E-state index in [2.05, 4.69) is 50.1 Å². The maximum absolute atomic E-state index is 14.6. The number of carbonyl (C=O) groups excluding carboxylic acids is 1. The third-order valence-corrected chi connectivity index (χ3v) is 14.9. The zero-order valence-electron chi connectivity index (χ0n) is 36.3. The Balaban J connectivity index is 1.26. The summed E-state index contributed by atoms with van der Waals surface area (Å²) >= 11 is 6.57. The van der Waals surface area contributed by atoms with Crippen LogP contribution in [0.15, 0.2) is 6.20 Å². The first kappa shape index (κ1) is 46.8. The second kappa shape index (κ2) is 18.6. The van der Waals surface area contributed by atoms with Gasteiger partial charge in [-0.25, -0.2) is 9.48 Å². The molecular weight excluding hydrogens is 841 g/mol. The van der Waals surface area contributed by atoms with Gasteiger partial charge in [0, 0.05) is 27.1 Å². The summed E-state index contributed by atoms with van der Waals surface area (Å²) in [6, 6.07) is 0.851. The zero-order valence-corrected chi connectivity index (χ0v) is 39.0. The Morgan fingerprint density at radius 3 is 2.43 bits per heavy atom. The molecule has 1 saturated carbocycles. The van der Waals surface area contributed by atoms with Crippen molar-refractivity contribution in [2.75, 3.05) is 37.9 Å². The van der Waals surface area contributed by atoms with E-state index in [9.17, 15) is 14.5 Å². The summed E-state index contributed by atoms with van der Waals surface area (Å²) in [5.74, 6) is -0.443. The molecule has 3 fully saturated rings. The van der Waals surface area contributed by atoms with Crippen LogP contribution in [-0.4, -0.2) is 133 Å². The van der Waals surface area contributed by atoms with Crippen molar-refractivity contribution in [2.24, 2.45) is 0 Å². The lowest BCUT2D eigenvalue weighted by atomic mass is 9.91. The molecule has 2 saturated heterocycles. The molecule has 20 nitrogen and oxygen atoms in total. The Morgan fingerprint density at radius 1 is 1.12 bits per heavy atom. The number of aryl methyl sites for hydroxylation is 1. The number of rotatable bonds is 20. The first-order valence-electron chi connectivity index (χ1n) is 20.6. The zero-order chi connectivity index (χ0) is 43.7. The van der Waals surface area contributed by atoms with Gasteiger partial charge in [0.25, 0.3) is 0 Å². The summed E-state index contributed by atoms with van der Waals surface area (Å²) in [6.07, 6.45) is 0.324. The second-order valence-corrected chi connectivity index (χ2v) is 26.2. The number of ether oxygens (including phenoxy) is 6. The maximum atomic E-state index is 14.6. The Labute approximate surface area is 356 Å². The van der Waals surface area contributed by atoms with Crippen LogP contribution >= 0.6 is 19.2 Å². The summed E-state index contributed by atoms with van der Waals surface area (Å²) in [7, 11) is -5.45. The van der Waals surface area contributed by atoms with Crippen molar-refractivity contribution >= 4 is 50.2 Å². The number of carbonyl (C=O) groups is 1. The van der Waals surface area contributed by atoms with E-state index < -0.39 is 69.6 Å². The molecule has 3 aromatic heterocycles. The number of nitrogens with zero attached hydrogens (tertiary/aromatic N) is 9. The lowest BCUT2D eigenvalue weighted by Crippen LogP contribution is -2.47. The number of aromatic nitrogens is 8. The second-order valence-electron chi connectivity index (χ2n) is 17.9. The normalized spacial score (nSPS) is 23.1. The summed E-state index contributed by atoms with van der Waals surface area (Å²) < 4.78 is 65.2. The molecule has 336 valence electrons. The van der Waals surface area contributed by atoms with E-state index in [0.29, 0.717) is 23.5 Å². The van der Waals surface area contributed by atoms with Crippen LogP contribution in [0.3, 0.4) is 0 Å². The third kappa shape index (κ3) is 10.6. The molecule has 1 amide bonds. The largest absolute Gasteiger partial charge is 0.443 e. The lowest BCUT2D eigenvalue weighted by Gasteiger charge is -2.38. The van der Waals surface area contributed by atoms with Crippen molar-refractivity contribution in [2.45, 2.75) is 160 Å². The first-order chi connectivity index (χ1) is 28.2. The molecule has 23 heteroatoms. The summed E-state index contributed by atoms with van der Waals surface area (Å²) in [4.78, 5) is 25.6. The number of tetrazole rings is 1. The van der Waals surface area contributed by atoms with E-state index in [4.69, 9.17) is 49.1 Å². The molecule has 5 atom stereocenters. The predicted octanol–water partition coefficient (Wildman–Crippen LogP) is 6.09. The van der Waals surface area contributed by atoms with Gasteiger partial charge in [-0.3, -0.25) is 9.46 Å². The molecule has 1 unspecified atom stereocenters. The van der Waals surface area contributed by atoms with Crippen molar-refractivity contribution in [1.29, 1.82) is 0 Å². The SMILES string of the molecule is CCOP(=O)(OCC)C(CO)(CCc1nnn(COCC[Si](C)(C)C)n1)OC[C@H]1O[C@@H](n2ncc3c(N(C(=O)OC(C)(C)C)C4CCC4)nc(Cl)nc32)[C@@H]2OC(C)(C)O[C@@H]21. The molecule has 0 aromatic carbocycles. The van der Waals surface area contributed by atoms with Gasteiger partial charge in [0.15, 0.2) is 41.4 Å². The van der Waals surface area contributed by atoms with Crippen LogP contribution in [0.4, 0.5) is 10.6 Å². The fourth-order valence-electron chi connectivity index (χ4n) is 7.22. The predicted molar refractivity (Wildman–Crippen MR) is 221 cm³/mol. The topological polar surface area (TPSA) is 219 Å². The monoisotopic (exact) mass is 901 g/mol. The fourth-order valence-corrected chi connectivity index (χ4v) is 10.2. The number of hydrogen-bond donors (Lipinski definition) is 1. The van der Waals surface area contributed by atoms with E-state index in [1.165, 1.54) is 14.4 Å². The minimum Gasteiger partial charge on any atom is -0.443 e. The Morgan fingerprint density at radius 2 is 1.82 bits per heavy atom. The molecule has 60 heavy (non-hydrogen) atoms. The van der Waals surface area contributed by atoms with E-state index >= 15 is 0 Å². The van der Waals surface area contributed by atoms with Gasteiger partial charge < -0.3 is 42.6 Å². The van der Waals surface area contributed by atoms with E-state index in [1.54, 1.807) is 54.7 Å². The Hall–Kier alpha value is -2.69. The van der Waals surface area contributed by atoms with Crippen LogP contribution < -0.4 is 4.90 Å². The van der Waals surface area contributed by atoms with Crippen LogP contribution in [0.1, 0.15) is 86.2 Å². The van der Waals surface area contributed by atoms with Gasteiger partial charge in [0.2, 0.25) is 5.28 Å². The number of hydrogen-bond acceptors (Lipinski definition) is 17. The van der Waals surface area contributed by atoms with Crippen molar-refractivity contribution in [1.82, 2.24) is 40.0 Å². The van der Waals surface area contributed by atoms with Gasteiger partial charge >= 0.3 is 13.7 Å². The number of aliphatic hydroxyl groups excluding tert-OH is 1. The van der Waals surface area contributed by atoms with Crippen LogP contribution in [-0.2, 0) is 55.2 Å². The van der Waals surface area contributed by atoms with Gasteiger partial charge in [-0.1, -0.05) is 19.6 Å². The molecule has 3 aromatic rings. The number of anilines is 1. The number of aliphatic hydroxyl groups is 1. The molecule has 0 bridgehead atoms. The van der Waals surface area contributed by atoms with Gasteiger partial charge in [0.05, 0.1) is 38.0 Å². The smallest absolute Gasteiger partial charge is 0.416 e. The van der Waals surface area contributed by atoms with Gasteiger partial charge in [-0.2, -0.15) is 15.1 Å². The Bertz CT molecular complexity index is 1980. The van der Waals surface area contributed by atoms with Gasteiger partial charge in [0.1, 0.15) is 23.9 Å². The average molecular weight is 902 g/mol. The molecular formula is C37H61ClN9O11PSi. The molecule has 0 radical (unpaired) electrons. The van der Waals surface area contributed by atoms with Crippen LogP contribution in [0.2, 0.25) is 31.0 Å². The Kier molecular flexibility index (Phi) is 14.5. The molecule has 3 aliphatic rings. The minimum absolute atomic E-state index is 0.0221. The molecule has 1 aliphatic carbocycles. The molecule has 6 rings (SSSR count). The van der Waals surface area contributed by atoms with Crippen molar-refractivity contribution in [3.8, 4) is 0 Å². The summed E-state index contributed by atoms with van der Waals surface area (Å²) in [6.45, 7) is 18.9. The van der Waals surface area contributed by atoms with E-state index in [0.717, 1.165) is 25.3 Å². The number of amides is 1. The lowest BCUT2D eigenvalue weighted by molar-refractivity contribution is -0.207. The van der Waals surface area contributed by atoms with Crippen molar-refractivity contribution < 1.29 is 51.9 Å². The molecule has 2 aliphatic heterocycles.